The molecule has 0 aromatic heterocycles. The van der Waals surface area contributed by atoms with Crippen molar-refractivity contribution >= 4 is 21.4 Å². The quantitative estimate of drug-likeness (QED) is 0.705. The van der Waals surface area contributed by atoms with Crippen LogP contribution in [-0.2, 0) is 14.6 Å². The fourth-order valence-corrected chi connectivity index (χ4v) is 6.68. The second-order valence-corrected chi connectivity index (χ2v) is 10.2. The maximum absolute atomic E-state index is 13.0. The van der Waals surface area contributed by atoms with Gasteiger partial charge >= 0.3 is 0 Å². The van der Waals surface area contributed by atoms with Crippen molar-refractivity contribution in [1.82, 2.24) is 4.90 Å². The number of piperazine rings is 1. The van der Waals surface area contributed by atoms with E-state index in [9.17, 15) is 13.2 Å². The molecule has 0 bridgehead atoms. The minimum Gasteiger partial charge on any atom is -0.497 e. The van der Waals surface area contributed by atoms with Crippen molar-refractivity contribution < 1.29 is 17.9 Å². The van der Waals surface area contributed by atoms with Gasteiger partial charge in [0.25, 0.3) is 0 Å². The van der Waals surface area contributed by atoms with Gasteiger partial charge in [-0.25, -0.2) is 8.42 Å². The molecule has 0 radical (unpaired) electrons. The zero-order chi connectivity index (χ0) is 19.7. The first kappa shape index (κ1) is 19.5. The van der Waals surface area contributed by atoms with E-state index in [1.807, 2.05) is 24.3 Å². The van der Waals surface area contributed by atoms with E-state index in [4.69, 9.17) is 4.74 Å². The monoisotopic (exact) mass is 404 g/mol. The summed E-state index contributed by atoms with van der Waals surface area (Å²) in [7, 11) is -1.56. The van der Waals surface area contributed by atoms with E-state index >= 15 is 0 Å². The van der Waals surface area contributed by atoms with Gasteiger partial charge in [-0.3, -0.25) is 9.69 Å². The summed E-state index contributed by atoms with van der Waals surface area (Å²) in [6.07, 6.45) is 8.01. The van der Waals surface area contributed by atoms with Gasteiger partial charge in [0.05, 0.1) is 31.2 Å². The van der Waals surface area contributed by atoms with Crippen LogP contribution in [-0.4, -0.2) is 63.0 Å². The second-order valence-electron chi connectivity index (χ2n) is 8.00. The summed E-state index contributed by atoms with van der Waals surface area (Å²) < 4.78 is 30.1. The van der Waals surface area contributed by atoms with E-state index in [0.29, 0.717) is 5.75 Å². The molecule has 1 aromatic carbocycles. The average Bonchev–Trinajstić information content (AvgIpc) is 3.02. The molecule has 6 nitrogen and oxygen atoms in total. The number of hydrogen-bond donors (Lipinski definition) is 0. The summed E-state index contributed by atoms with van der Waals surface area (Å²) in [5.74, 6) is 0.859. The van der Waals surface area contributed by atoms with Crippen LogP contribution in [0, 0.1) is 0 Å². The molecule has 1 aliphatic carbocycles. The molecule has 2 heterocycles. The lowest BCUT2D eigenvalue weighted by Crippen LogP contribution is -2.62. The fraction of sp³-hybridized carbons (Fsp3) is 0.571. The normalized spacial score (nSPS) is 27.4. The van der Waals surface area contributed by atoms with Crippen LogP contribution in [0.4, 0.5) is 5.69 Å². The van der Waals surface area contributed by atoms with Gasteiger partial charge in [0.15, 0.2) is 9.84 Å². The van der Waals surface area contributed by atoms with Crippen LogP contribution in [0.15, 0.2) is 35.9 Å². The number of allylic oxidation sites excluding steroid dienone is 1. The lowest BCUT2D eigenvalue weighted by atomic mass is 9.96. The van der Waals surface area contributed by atoms with Crippen LogP contribution >= 0.6 is 0 Å². The number of sulfone groups is 1. The van der Waals surface area contributed by atoms with E-state index in [2.05, 4.69) is 11.0 Å². The molecule has 4 rings (SSSR count). The van der Waals surface area contributed by atoms with Crippen molar-refractivity contribution in [1.29, 1.82) is 0 Å². The SMILES string of the molecule is COc1ccc(N2C(=O)CN(CCC3=CCCCC3)[C@H]3CS(=O)(=O)C[C@@H]32)cc1. The van der Waals surface area contributed by atoms with Crippen molar-refractivity contribution in [3.8, 4) is 5.75 Å². The zero-order valence-electron chi connectivity index (χ0n) is 16.3. The Morgan fingerprint density at radius 3 is 2.54 bits per heavy atom. The Morgan fingerprint density at radius 1 is 1.11 bits per heavy atom. The minimum absolute atomic E-state index is 0.0267. The predicted octanol–water partition coefficient (Wildman–Crippen LogP) is 2.40. The lowest BCUT2D eigenvalue weighted by Gasteiger charge is -2.43. The van der Waals surface area contributed by atoms with E-state index in [0.717, 1.165) is 31.5 Å². The average molecular weight is 405 g/mol. The van der Waals surface area contributed by atoms with Gasteiger partial charge in [0.2, 0.25) is 5.91 Å². The Morgan fingerprint density at radius 2 is 1.86 bits per heavy atom. The van der Waals surface area contributed by atoms with Crippen molar-refractivity contribution in [3.05, 3.63) is 35.9 Å². The van der Waals surface area contributed by atoms with Crippen LogP contribution in [0.2, 0.25) is 0 Å². The maximum Gasteiger partial charge on any atom is 0.241 e. The summed E-state index contributed by atoms with van der Waals surface area (Å²) >= 11 is 0. The number of carbonyl (C=O) groups is 1. The Bertz CT molecular complexity index is 863. The molecule has 2 aliphatic heterocycles. The summed E-state index contributed by atoms with van der Waals surface area (Å²) in [5.41, 5.74) is 2.20. The number of anilines is 1. The zero-order valence-corrected chi connectivity index (χ0v) is 17.2. The highest BCUT2D eigenvalue weighted by Gasteiger charge is 2.49. The number of nitrogens with zero attached hydrogens (tertiary/aromatic N) is 2. The van der Waals surface area contributed by atoms with Gasteiger partial charge < -0.3 is 9.64 Å². The number of rotatable bonds is 5. The van der Waals surface area contributed by atoms with Gasteiger partial charge in [0, 0.05) is 18.3 Å². The molecule has 28 heavy (non-hydrogen) atoms. The molecule has 0 unspecified atom stereocenters. The second kappa shape index (κ2) is 7.87. The first-order valence-electron chi connectivity index (χ1n) is 10.1. The van der Waals surface area contributed by atoms with E-state index in [-0.39, 0.29) is 36.0 Å². The molecule has 1 amide bonds. The number of hydrogen-bond acceptors (Lipinski definition) is 5. The lowest BCUT2D eigenvalue weighted by molar-refractivity contribution is -0.123. The summed E-state index contributed by atoms with van der Waals surface area (Å²) in [6.45, 7) is 1.03. The molecular formula is C21H28N2O4S. The van der Waals surface area contributed by atoms with Crippen molar-refractivity contribution in [2.45, 2.75) is 44.2 Å². The number of ether oxygens (including phenoxy) is 1. The Balaban J connectivity index is 1.55. The largest absolute Gasteiger partial charge is 0.497 e. The van der Waals surface area contributed by atoms with Crippen molar-refractivity contribution in [3.63, 3.8) is 0 Å². The summed E-state index contributed by atoms with van der Waals surface area (Å²) in [5, 5.41) is 0. The minimum atomic E-state index is -3.16. The van der Waals surface area contributed by atoms with Crippen molar-refractivity contribution in [2.75, 3.05) is 36.6 Å². The number of amides is 1. The smallest absolute Gasteiger partial charge is 0.241 e. The molecule has 7 heteroatoms. The van der Waals surface area contributed by atoms with Crippen LogP contribution < -0.4 is 9.64 Å². The summed E-state index contributed by atoms with van der Waals surface area (Å²) in [4.78, 5) is 16.8. The van der Waals surface area contributed by atoms with Gasteiger partial charge in [-0.15, -0.1) is 0 Å². The van der Waals surface area contributed by atoms with Crippen molar-refractivity contribution in [2.24, 2.45) is 0 Å². The molecule has 2 fully saturated rings. The molecule has 0 saturated carbocycles. The van der Waals surface area contributed by atoms with Crippen LogP contribution in [0.5, 0.6) is 5.75 Å². The standard InChI is InChI=1S/C21H28N2O4S/c1-27-18-9-7-17(8-10-18)23-20-15-28(25,26)14-19(20)22(13-21(23)24)12-11-16-5-3-2-4-6-16/h5,7-10,19-20H,2-4,6,11-15H2,1H3/t19-,20-/m0/s1. The number of fused-ring (bicyclic) bond motifs is 1. The Kier molecular flexibility index (Phi) is 5.47. The highest BCUT2D eigenvalue weighted by atomic mass is 32.2. The molecule has 0 spiro atoms. The van der Waals surface area contributed by atoms with Gasteiger partial charge in [-0.2, -0.15) is 0 Å². The Hall–Kier alpha value is -1.86. The highest BCUT2D eigenvalue weighted by Crippen LogP contribution is 2.33. The third kappa shape index (κ3) is 3.96. The Labute approximate surface area is 167 Å². The van der Waals surface area contributed by atoms with Crippen LogP contribution in [0.3, 0.4) is 0 Å². The number of methoxy groups -OCH3 is 1. The molecule has 3 aliphatic rings. The fourth-order valence-electron chi connectivity index (χ4n) is 4.70. The first-order chi connectivity index (χ1) is 13.5. The predicted molar refractivity (Wildman–Crippen MR) is 109 cm³/mol. The topological polar surface area (TPSA) is 66.9 Å². The maximum atomic E-state index is 13.0. The molecule has 2 atom stereocenters. The van der Waals surface area contributed by atoms with Crippen LogP contribution in [0.1, 0.15) is 32.1 Å². The molecule has 0 N–H and O–H groups in total. The number of carbonyl (C=O) groups excluding carboxylic acids is 1. The van der Waals surface area contributed by atoms with Gasteiger partial charge in [-0.1, -0.05) is 11.6 Å². The van der Waals surface area contributed by atoms with E-state index < -0.39 is 9.84 Å². The summed E-state index contributed by atoms with van der Waals surface area (Å²) in [6, 6.07) is 6.84. The highest BCUT2D eigenvalue weighted by molar-refractivity contribution is 7.91. The first-order valence-corrected chi connectivity index (χ1v) is 11.9. The molecular weight excluding hydrogens is 376 g/mol. The van der Waals surface area contributed by atoms with Gasteiger partial charge in [0.1, 0.15) is 5.75 Å². The van der Waals surface area contributed by atoms with Crippen LogP contribution in [0.25, 0.3) is 0 Å². The third-order valence-electron chi connectivity index (χ3n) is 6.16. The van der Waals surface area contributed by atoms with Gasteiger partial charge in [-0.05, 0) is 56.4 Å². The molecule has 2 saturated heterocycles. The third-order valence-corrected chi connectivity index (χ3v) is 7.86. The molecule has 1 aromatic rings. The number of benzene rings is 1. The van der Waals surface area contributed by atoms with E-state index in [1.54, 1.807) is 12.0 Å². The molecule has 152 valence electrons. The van der Waals surface area contributed by atoms with E-state index in [1.165, 1.54) is 18.4 Å².